The molecule has 24 heavy (non-hydrogen) atoms. The van der Waals surface area contributed by atoms with Gasteiger partial charge in [0, 0.05) is 30.3 Å². The van der Waals surface area contributed by atoms with E-state index in [4.69, 9.17) is 5.73 Å². The number of nitrogens with two attached hydrogens (primary N) is 1. The Bertz CT molecular complexity index is 659. The lowest BCUT2D eigenvalue weighted by Crippen LogP contribution is -2.35. The molecule has 0 unspecified atom stereocenters. The Balaban J connectivity index is 0.00000288. The van der Waals surface area contributed by atoms with Gasteiger partial charge in [-0.25, -0.2) is 4.39 Å². The Morgan fingerprint density at radius 2 is 2.04 bits per heavy atom. The lowest BCUT2D eigenvalue weighted by molar-refractivity contribution is 0.530. The number of aromatic nitrogens is 1. The van der Waals surface area contributed by atoms with Gasteiger partial charge in [0.05, 0.1) is 6.54 Å². The van der Waals surface area contributed by atoms with Crippen LogP contribution in [0, 0.1) is 5.82 Å². The molecule has 0 saturated carbocycles. The van der Waals surface area contributed by atoms with Crippen LogP contribution in [0.5, 0.6) is 0 Å². The van der Waals surface area contributed by atoms with Crippen molar-refractivity contribution in [3.05, 3.63) is 65.7 Å². The van der Waals surface area contributed by atoms with Crippen LogP contribution in [-0.2, 0) is 11.8 Å². The van der Waals surface area contributed by atoms with Crippen molar-refractivity contribution in [2.75, 3.05) is 13.1 Å². The summed E-state index contributed by atoms with van der Waals surface area (Å²) in [5.41, 5.74) is 7.53. The topological polar surface area (TPSA) is 63.3 Å². The molecule has 0 aliphatic rings. The Morgan fingerprint density at radius 3 is 2.71 bits per heavy atom. The van der Waals surface area contributed by atoms with Gasteiger partial charge < -0.3 is 11.1 Å². The van der Waals surface area contributed by atoms with E-state index in [9.17, 15) is 4.39 Å². The van der Waals surface area contributed by atoms with Gasteiger partial charge in [-0.05, 0) is 29.8 Å². The molecule has 0 aliphatic carbocycles. The number of nitrogens with one attached hydrogen (secondary N) is 1. The van der Waals surface area contributed by atoms with Crippen molar-refractivity contribution in [1.29, 1.82) is 0 Å². The molecular formula is C18H24FIN4. The molecule has 0 radical (unpaired) electrons. The zero-order valence-corrected chi connectivity index (χ0v) is 16.3. The maximum atomic E-state index is 13.3. The van der Waals surface area contributed by atoms with Crippen LogP contribution in [0.25, 0.3) is 0 Å². The van der Waals surface area contributed by atoms with E-state index in [1.54, 1.807) is 18.3 Å². The quantitative estimate of drug-likeness (QED) is 0.410. The molecule has 0 bridgehead atoms. The van der Waals surface area contributed by atoms with E-state index in [1.165, 1.54) is 6.07 Å². The van der Waals surface area contributed by atoms with Gasteiger partial charge in [0.1, 0.15) is 5.82 Å². The van der Waals surface area contributed by atoms with E-state index >= 15 is 0 Å². The monoisotopic (exact) mass is 442 g/mol. The molecule has 1 heterocycles. The summed E-state index contributed by atoms with van der Waals surface area (Å²) >= 11 is 0. The van der Waals surface area contributed by atoms with E-state index in [-0.39, 0.29) is 35.2 Å². The average Bonchev–Trinajstić information content (AvgIpc) is 2.54. The van der Waals surface area contributed by atoms with Crippen LogP contribution >= 0.6 is 24.0 Å². The predicted molar refractivity (Wildman–Crippen MR) is 107 cm³/mol. The van der Waals surface area contributed by atoms with Crippen molar-refractivity contribution in [3.8, 4) is 0 Å². The molecule has 4 nitrogen and oxygen atoms in total. The fraction of sp³-hybridized carbons (Fsp3) is 0.333. The summed E-state index contributed by atoms with van der Waals surface area (Å²) in [5.74, 6) is 0.159. The number of guanidine groups is 1. The number of nitrogens with zero attached hydrogens (tertiary/aromatic N) is 2. The second-order valence-electron chi connectivity index (χ2n) is 6.09. The highest BCUT2D eigenvalue weighted by Crippen LogP contribution is 2.23. The lowest BCUT2D eigenvalue weighted by atomic mass is 9.85. The fourth-order valence-corrected chi connectivity index (χ4v) is 2.20. The molecule has 2 rings (SSSR count). The predicted octanol–water partition coefficient (Wildman–Crippen LogP) is 3.26. The number of aliphatic imine (C=N–C) groups is 1. The zero-order chi connectivity index (χ0) is 16.7. The molecular weight excluding hydrogens is 418 g/mol. The van der Waals surface area contributed by atoms with Crippen molar-refractivity contribution in [3.63, 3.8) is 0 Å². The van der Waals surface area contributed by atoms with Crippen LogP contribution in [0.4, 0.5) is 4.39 Å². The number of pyridine rings is 1. The maximum Gasteiger partial charge on any atom is 0.188 e. The molecule has 0 spiro atoms. The first-order chi connectivity index (χ1) is 11.0. The van der Waals surface area contributed by atoms with Crippen LogP contribution in [0.1, 0.15) is 25.1 Å². The third-order valence-electron chi connectivity index (χ3n) is 3.66. The lowest BCUT2D eigenvalue weighted by Gasteiger charge is -2.23. The van der Waals surface area contributed by atoms with Crippen molar-refractivity contribution >= 4 is 29.9 Å². The Hall–Kier alpha value is -1.70. The first-order valence-corrected chi connectivity index (χ1v) is 7.67. The molecule has 0 atom stereocenters. The minimum absolute atomic E-state index is 0. The third kappa shape index (κ3) is 6.43. The van der Waals surface area contributed by atoms with Gasteiger partial charge in [0.2, 0.25) is 0 Å². The summed E-state index contributed by atoms with van der Waals surface area (Å²) in [5, 5.41) is 3.08. The van der Waals surface area contributed by atoms with E-state index in [1.807, 2.05) is 38.1 Å². The molecule has 1 aromatic carbocycles. The number of halogens is 2. The van der Waals surface area contributed by atoms with Crippen LogP contribution < -0.4 is 11.1 Å². The summed E-state index contributed by atoms with van der Waals surface area (Å²) in [4.78, 5) is 8.63. The number of benzene rings is 1. The molecule has 0 fully saturated rings. The van der Waals surface area contributed by atoms with Gasteiger partial charge in [-0.3, -0.25) is 9.98 Å². The molecule has 130 valence electrons. The van der Waals surface area contributed by atoms with Gasteiger partial charge >= 0.3 is 0 Å². The summed E-state index contributed by atoms with van der Waals surface area (Å²) in [6.45, 7) is 5.20. The van der Waals surface area contributed by atoms with Gasteiger partial charge in [-0.2, -0.15) is 0 Å². The first kappa shape index (κ1) is 20.3. The molecule has 6 heteroatoms. The fourth-order valence-electron chi connectivity index (χ4n) is 2.20. The first-order valence-electron chi connectivity index (χ1n) is 7.67. The van der Waals surface area contributed by atoms with Gasteiger partial charge in [0.25, 0.3) is 0 Å². The van der Waals surface area contributed by atoms with Crippen LogP contribution in [0.3, 0.4) is 0 Å². The van der Waals surface area contributed by atoms with E-state index < -0.39 is 0 Å². The Labute approximate surface area is 159 Å². The number of hydrogen-bond acceptors (Lipinski definition) is 2. The maximum absolute atomic E-state index is 13.3. The van der Waals surface area contributed by atoms with Crippen molar-refractivity contribution in [2.45, 2.75) is 25.7 Å². The Morgan fingerprint density at radius 1 is 1.25 bits per heavy atom. The molecule has 0 amide bonds. The highest BCUT2D eigenvalue weighted by atomic mass is 127. The van der Waals surface area contributed by atoms with Gasteiger partial charge in [-0.15, -0.1) is 24.0 Å². The SMILES string of the molecule is CC(C)(CN=C(N)NCCc1ccccn1)c1cccc(F)c1.I. The van der Waals surface area contributed by atoms with E-state index in [0.717, 1.165) is 17.7 Å². The highest BCUT2D eigenvalue weighted by molar-refractivity contribution is 14.0. The normalized spacial score (nSPS) is 11.7. The van der Waals surface area contributed by atoms with Crippen LogP contribution in [0.2, 0.25) is 0 Å². The largest absolute Gasteiger partial charge is 0.370 e. The average molecular weight is 442 g/mol. The molecule has 0 aliphatic heterocycles. The molecule has 0 saturated heterocycles. The summed E-state index contributed by atoms with van der Waals surface area (Å²) < 4.78 is 13.3. The van der Waals surface area contributed by atoms with E-state index in [0.29, 0.717) is 19.0 Å². The third-order valence-corrected chi connectivity index (χ3v) is 3.66. The standard InChI is InChI=1S/C18H23FN4.HI/c1-18(2,14-6-5-7-15(19)12-14)13-23-17(20)22-11-9-16-8-3-4-10-21-16;/h3-8,10,12H,9,11,13H2,1-2H3,(H3,20,22,23);1H. The number of rotatable bonds is 6. The second kappa shape index (κ2) is 9.56. The summed E-state index contributed by atoms with van der Waals surface area (Å²) in [6, 6.07) is 12.4. The minimum atomic E-state index is -0.282. The molecule has 3 N–H and O–H groups in total. The summed E-state index contributed by atoms with van der Waals surface area (Å²) in [7, 11) is 0. The highest BCUT2D eigenvalue weighted by Gasteiger charge is 2.20. The number of hydrogen-bond donors (Lipinski definition) is 2. The van der Waals surface area contributed by atoms with Gasteiger partial charge in [0.15, 0.2) is 5.96 Å². The second-order valence-corrected chi connectivity index (χ2v) is 6.09. The van der Waals surface area contributed by atoms with Crippen molar-refractivity contribution < 1.29 is 4.39 Å². The summed E-state index contributed by atoms with van der Waals surface area (Å²) in [6.07, 6.45) is 2.55. The van der Waals surface area contributed by atoms with Crippen LogP contribution in [0.15, 0.2) is 53.7 Å². The zero-order valence-electron chi connectivity index (χ0n) is 14.0. The Kier molecular flexibility index (Phi) is 8.10. The molecule has 1 aromatic heterocycles. The minimum Gasteiger partial charge on any atom is -0.370 e. The van der Waals surface area contributed by atoms with Gasteiger partial charge in [-0.1, -0.05) is 32.0 Å². The smallest absolute Gasteiger partial charge is 0.188 e. The van der Waals surface area contributed by atoms with Crippen molar-refractivity contribution in [1.82, 2.24) is 10.3 Å². The van der Waals surface area contributed by atoms with Crippen molar-refractivity contribution in [2.24, 2.45) is 10.7 Å². The van der Waals surface area contributed by atoms with Crippen LogP contribution in [-0.4, -0.2) is 24.0 Å². The van der Waals surface area contributed by atoms with E-state index in [2.05, 4.69) is 15.3 Å². The molecule has 2 aromatic rings.